The molecule has 6 nitrogen and oxygen atoms in total. The Kier molecular flexibility index (Phi) is 8.77. The molecule has 1 fully saturated rings. The number of carboxylic acid groups (broad SMARTS) is 1. The number of morpholine rings is 1. The minimum atomic E-state index is -0.714. The molecule has 1 heterocycles. The summed E-state index contributed by atoms with van der Waals surface area (Å²) in [5, 5.41) is 8.83. The lowest BCUT2D eigenvalue weighted by atomic mass is 10.3. The molecule has 1 aliphatic heterocycles. The van der Waals surface area contributed by atoms with Gasteiger partial charge in [0.15, 0.2) is 0 Å². The summed E-state index contributed by atoms with van der Waals surface area (Å²) in [7, 11) is 4.13. The van der Waals surface area contributed by atoms with Gasteiger partial charge in [-0.15, -0.1) is 0 Å². The van der Waals surface area contributed by atoms with Gasteiger partial charge in [0.2, 0.25) is 0 Å². The van der Waals surface area contributed by atoms with Crippen molar-refractivity contribution in [1.29, 1.82) is 0 Å². The molecule has 0 aromatic heterocycles. The van der Waals surface area contributed by atoms with Crippen LogP contribution in [0.15, 0.2) is 0 Å². The molecule has 0 bridgehead atoms. The van der Waals surface area contributed by atoms with Gasteiger partial charge >= 0.3 is 5.97 Å². The molecule has 0 amide bonds. The highest BCUT2D eigenvalue weighted by atomic mass is 16.5. The van der Waals surface area contributed by atoms with Crippen LogP contribution in [0.5, 0.6) is 0 Å². The van der Waals surface area contributed by atoms with Gasteiger partial charge in [0.25, 0.3) is 0 Å². The summed E-state index contributed by atoms with van der Waals surface area (Å²) in [6.07, 6.45) is 1.31. The van der Waals surface area contributed by atoms with Gasteiger partial charge in [0.05, 0.1) is 19.6 Å². The van der Waals surface area contributed by atoms with Crippen molar-refractivity contribution in [2.75, 3.05) is 73.1 Å². The normalized spacial score (nSPS) is 17.0. The van der Waals surface area contributed by atoms with E-state index < -0.39 is 5.97 Å². The van der Waals surface area contributed by atoms with E-state index in [1.165, 1.54) is 0 Å². The molecule has 0 aliphatic carbocycles. The first kappa shape index (κ1) is 17.4. The van der Waals surface area contributed by atoms with E-state index >= 15 is 0 Å². The average Bonchev–Trinajstić information content (AvgIpc) is 2.42. The number of ether oxygens (including phenoxy) is 1. The summed E-state index contributed by atoms with van der Waals surface area (Å²) in [5.74, 6) is -0.714. The zero-order chi connectivity index (χ0) is 14.8. The van der Waals surface area contributed by atoms with E-state index in [9.17, 15) is 4.79 Å². The molecule has 0 radical (unpaired) electrons. The molecule has 0 spiro atoms. The topological polar surface area (TPSA) is 56.2 Å². The van der Waals surface area contributed by atoms with E-state index in [4.69, 9.17) is 9.84 Å². The Morgan fingerprint density at radius 2 is 1.85 bits per heavy atom. The lowest BCUT2D eigenvalue weighted by Crippen LogP contribution is -2.42. The van der Waals surface area contributed by atoms with Crippen LogP contribution in [-0.2, 0) is 9.53 Å². The Morgan fingerprint density at radius 1 is 1.15 bits per heavy atom. The predicted octanol–water partition coefficient (Wildman–Crippen LogP) is 0.0470. The quantitative estimate of drug-likeness (QED) is 0.613. The molecular weight excluding hydrogens is 258 g/mol. The number of hydrogen-bond donors (Lipinski definition) is 1. The Balaban J connectivity index is 2.25. The van der Waals surface area contributed by atoms with Crippen LogP contribution in [-0.4, -0.2) is 98.9 Å². The summed E-state index contributed by atoms with van der Waals surface area (Å²) in [4.78, 5) is 17.6. The standard InChI is InChI=1S/C14H29N3O3/c1-15(2)5-3-6-16(7-4-14(18)19)8-9-17-10-12-20-13-11-17/h3-13H2,1-2H3,(H,18,19). The largest absolute Gasteiger partial charge is 0.481 e. The van der Waals surface area contributed by atoms with Gasteiger partial charge < -0.3 is 19.6 Å². The second-order valence-electron chi connectivity index (χ2n) is 5.60. The monoisotopic (exact) mass is 287 g/mol. The van der Waals surface area contributed by atoms with Crippen molar-refractivity contribution >= 4 is 5.97 Å². The Labute approximate surface area is 122 Å². The molecule has 20 heavy (non-hydrogen) atoms. The van der Waals surface area contributed by atoms with E-state index in [-0.39, 0.29) is 6.42 Å². The second kappa shape index (κ2) is 10.1. The van der Waals surface area contributed by atoms with E-state index in [0.29, 0.717) is 6.54 Å². The summed E-state index contributed by atoms with van der Waals surface area (Å²) in [5.41, 5.74) is 0. The molecule has 0 unspecified atom stereocenters. The molecule has 6 heteroatoms. The fourth-order valence-electron chi connectivity index (χ4n) is 2.31. The first-order valence-electron chi connectivity index (χ1n) is 7.47. The second-order valence-corrected chi connectivity index (χ2v) is 5.60. The van der Waals surface area contributed by atoms with Crippen LogP contribution in [0.1, 0.15) is 12.8 Å². The third kappa shape index (κ3) is 8.47. The van der Waals surface area contributed by atoms with Gasteiger partial charge in [0.1, 0.15) is 0 Å². The number of hydrogen-bond acceptors (Lipinski definition) is 5. The number of aliphatic carboxylic acids is 1. The van der Waals surface area contributed by atoms with Gasteiger partial charge in [-0.05, 0) is 33.6 Å². The predicted molar refractivity (Wildman–Crippen MR) is 79.1 cm³/mol. The van der Waals surface area contributed by atoms with Crippen LogP contribution in [0.25, 0.3) is 0 Å². The van der Waals surface area contributed by atoms with Crippen molar-refractivity contribution in [3.05, 3.63) is 0 Å². The van der Waals surface area contributed by atoms with Crippen LogP contribution < -0.4 is 0 Å². The summed E-state index contributed by atoms with van der Waals surface area (Å²) < 4.78 is 5.34. The lowest BCUT2D eigenvalue weighted by molar-refractivity contribution is -0.137. The Bertz CT molecular complexity index is 268. The van der Waals surface area contributed by atoms with E-state index in [0.717, 1.165) is 58.9 Å². The van der Waals surface area contributed by atoms with E-state index in [1.54, 1.807) is 0 Å². The third-order valence-corrected chi connectivity index (χ3v) is 3.56. The highest BCUT2D eigenvalue weighted by Crippen LogP contribution is 2.00. The van der Waals surface area contributed by atoms with Gasteiger partial charge in [-0.2, -0.15) is 0 Å². The molecule has 1 N–H and O–H groups in total. The molecule has 1 aliphatic rings. The van der Waals surface area contributed by atoms with Crippen molar-refractivity contribution in [1.82, 2.24) is 14.7 Å². The van der Waals surface area contributed by atoms with Crippen molar-refractivity contribution in [2.45, 2.75) is 12.8 Å². The number of rotatable bonds is 10. The molecule has 0 atom stereocenters. The van der Waals surface area contributed by atoms with E-state index in [2.05, 4.69) is 28.8 Å². The third-order valence-electron chi connectivity index (χ3n) is 3.56. The maximum absolute atomic E-state index is 10.7. The van der Waals surface area contributed by atoms with Crippen LogP contribution in [0.2, 0.25) is 0 Å². The highest BCUT2D eigenvalue weighted by molar-refractivity contribution is 5.66. The van der Waals surface area contributed by atoms with Crippen molar-refractivity contribution in [3.8, 4) is 0 Å². The number of carboxylic acids is 1. The average molecular weight is 287 g/mol. The van der Waals surface area contributed by atoms with Crippen LogP contribution >= 0.6 is 0 Å². The lowest BCUT2D eigenvalue weighted by Gasteiger charge is -2.30. The minimum absolute atomic E-state index is 0.227. The van der Waals surface area contributed by atoms with Crippen LogP contribution in [0.4, 0.5) is 0 Å². The van der Waals surface area contributed by atoms with Crippen molar-refractivity contribution < 1.29 is 14.6 Å². The zero-order valence-electron chi connectivity index (χ0n) is 12.9. The Hall–Kier alpha value is -0.690. The van der Waals surface area contributed by atoms with Crippen LogP contribution in [0, 0.1) is 0 Å². The highest BCUT2D eigenvalue weighted by Gasteiger charge is 2.13. The molecule has 0 aromatic carbocycles. The summed E-state index contributed by atoms with van der Waals surface area (Å²) >= 11 is 0. The molecule has 1 saturated heterocycles. The van der Waals surface area contributed by atoms with E-state index in [1.807, 2.05) is 0 Å². The van der Waals surface area contributed by atoms with Crippen molar-refractivity contribution in [3.63, 3.8) is 0 Å². The number of nitrogens with zero attached hydrogens (tertiary/aromatic N) is 3. The summed E-state index contributed by atoms with van der Waals surface area (Å²) in [6, 6.07) is 0. The van der Waals surface area contributed by atoms with Crippen LogP contribution in [0.3, 0.4) is 0 Å². The smallest absolute Gasteiger partial charge is 0.304 e. The molecule has 118 valence electrons. The molecule has 0 saturated carbocycles. The maximum atomic E-state index is 10.7. The number of carbonyl (C=O) groups is 1. The van der Waals surface area contributed by atoms with Gasteiger partial charge in [-0.25, -0.2) is 0 Å². The fraction of sp³-hybridized carbons (Fsp3) is 0.929. The van der Waals surface area contributed by atoms with Gasteiger partial charge in [-0.3, -0.25) is 9.69 Å². The van der Waals surface area contributed by atoms with Gasteiger partial charge in [-0.1, -0.05) is 0 Å². The van der Waals surface area contributed by atoms with Crippen molar-refractivity contribution in [2.24, 2.45) is 0 Å². The summed E-state index contributed by atoms with van der Waals surface area (Å²) in [6.45, 7) is 8.22. The Morgan fingerprint density at radius 3 is 2.45 bits per heavy atom. The maximum Gasteiger partial charge on any atom is 0.304 e. The fourth-order valence-corrected chi connectivity index (χ4v) is 2.31. The SMILES string of the molecule is CN(C)CCCN(CCC(=O)O)CCN1CCOCC1. The molecule has 0 aromatic rings. The van der Waals surface area contributed by atoms with Gasteiger partial charge in [0, 0.05) is 32.7 Å². The minimum Gasteiger partial charge on any atom is -0.481 e. The molecule has 1 rings (SSSR count). The first-order valence-corrected chi connectivity index (χ1v) is 7.47. The first-order chi connectivity index (χ1) is 9.58. The zero-order valence-corrected chi connectivity index (χ0v) is 12.9. The molecular formula is C14H29N3O3.